The fraction of sp³-hybridized carbons (Fsp3) is 0.0667. The number of halogens is 2. The lowest BCUT2D eigenvalue weighted by atomic mass is 10.1. The maximum atomic E-state index is 13.5. The summed E-state index contributed by atoms with van der Waals surface area (Å²) in [6.07, 6.45) is 0. The first-order valence-electron chi connectivity index (χ1n) is 6.18. The number of nitrogens with two attached hydrogens (primary N) is 1. The Kier molecular flexibility index (Phi) is 3.35. The first-order valence-corrected chi connectivity index (χ1v) is 6.97. The van der Waals surface area contributed by atoms with Gasteiger partial charge in [-0.2, -0.15) is 5.26 Å². The van der Waals surface area contributed by atoms with E-state index in [0.717, 1.165) is 11.1 Å². The van der Waals surface area contributed by atoms with Gasteiger partial charge in [-0.15, -0.1) is 0 Å². The van der Waals surface area contributed by atoms with Crippen LogP contribution in [-0.2, 0) is 6.54 Å². The predicted molar refractivity (Wildman–Crippen MR) is 82.1 cm³/mol. The second kappa shape index (κ2) is 5.19. The van der Waals surface area contributed by atoms with Crippen LogP contribution in [0.15, 0.2) is 40.9 Å². The molecule has 0 fully saturated rings. The van der Waals surface area contributed by atoms with Crippen LogP contribution in [0.1, 0.15) is 11.1 Å². The summed E-state index contributed by atoms with van der Waals surface area (Å²) < 4.78 is 15.7. The monoisotopic (exact) mass is 344 g/mol. The van der Waals surface area contributed by atoms with Gasteiger partial charge in [-0.25, -0.2) is 9.37 Å². The fourth-order valence-corrected chi connectivity index (χ4v) is 2.56. The zero-order chi connectivity index (χ0) is 15.0. The summed E-state index contributed by atoms with van der Waals surface area (Å²) in [6, 6.07) is 12.4. The molecule has 3 rings (SSSR count). The number of aromatic nitrogens is 2. The van der Waals surface area contributed by atoms with Crippen LogP contribution in [0.4, 0.5) is 10.3 Å². The van der Waals surface area contributed by atoms with E-state index in [0.29, 0.717) is 28.0 Å². The lowest BCUT2D eigenvalue weighted by Crippen LogP contribution is -2.04. The summed E-state index contributed by atoms with van der Waals surface area (Å²) in [7, 11) is 0. The highest BCUT2D eigenvalue weighted by molar-refractivity contribution is 9.10. The van der Waals surface area contributed by atoms with Gasteiger partial charge in [-0.05, 0) is 39.7 Å². The van der Waals surface area contributed by atoms with E-state index in [1.807, 2.05) is 12.1 Å². The summed E-state index contributed by atoms with van der Waals surface area (Å²) in [5, 5.41) is 8.94. The maximum absolute atomic E-state index is 13.5. The predicted octanol–water partition coefficient (Wildman–Crippen LogP) is 3.44. The molecule has 0 saturated carbocycles. The number of hydrogen-bond donors (Lipinski definition) is 1. The quantitative estimate of drug-likeness (QED) is 0.774. The van der Waals surface area contributed by atoms with E-state index in [1.165, 1.54) is 6.07 Å². The third kappa shape index (κ3) is 2.48. The van der Waals surface area contributed by atoms with Gasteiger partial charge in [-0.1, -0.05) is 12.1 Å². The second-order valence-electron chi connectivity index (χ2n) is 4.62. The van der Waals surface area contributed by atoms with Crippen molar-refractivity contribution in [3.63, 3.8) is 0 Å². The molecule has 0 aliphatic carbocycles. The Bertz CT molecular complexity index is 879. The third-order valence-corrected chi connectivity index (χ3v) is 3.82. The highest BCUT2D eigenvalue weighted by atomic mass is 79.9. The number of nitrogen functional groups attached to an aromatic ring is 1. The van der Waals surface area contributed by atoms with Crippen molar-refractivity contribution in [2.75, 3.05) is 5.73 Å². The normalized spacial score (nSPS) is 10.7. The zero-order valence-electron chi connectivity index (χ0n) is 10.8. The van der Waals surface area contributed by atoms with Gasteiger partial charge in [-0.3, -0.25) is 0 Å². The number of anilines is 1. The van der Waals surface area contributed by atoms with Crippen LogP contribution in [0.3, 0.4) is 0 Å². The maximum Gasteiger partial charge on any atom is 0.201 e. The summed E-state index contributed by atoms with van der Waals surface area (Å²) in [4.78, 5) is 4.17. The smallest absolute Gasteiger partial charge is 0.201 e. The van der Waals surface area contributed by atoms with E-state index in [9.17, 15) is 4.39 Å². The number of rotatable bonds is 2. The van der Waals surface area contributed by atoms with E-state index < -0.39 is 0 Å². The summed E-state index contributed by atoms with van der Waals surface area (Å²) >= 11 is 3.17. The molecule has 0 aliphatic rings. The van der Waals surface area contributed by atoms with E-state index in [4.69, 9.17) is 11.0 Å². The van der Waals surface area contributed by atoms with Gasteiger partial charge < -0.3 is 10.3 Å². The topological polar surface area (TPSA) is 67.6 Å². The highest BCUT2D eigenvalue weighted by Crippen LogP contribution is 2.26. The minimum absolute atomic E-state index is 0.310. The summed E-state index contributed by atoms with van der Waals surface area (Å²) in [6.45, 7) is 0.468. The molecule has 2 aromatic carbocycles. The molecule has 0 aliphatic heterocycles. The minimum atomic E-state index is -0.376. The second-order valence-corrected chi connectivity index (χ2v) is 5.48. The van der Waals surface area contributed by atoms with Gasteiger partial charge in [0.25, 0.3) is 0 Å². The molecule has 104 valence electrons. The van der Waals surface area contributed by atoms with Crippen LogP contribution in [0.5, 0.6) is 0 Å². The largest absolute Gasteiger partial charge is 0.369 e. The van der Waals surface area contributed by atoms with Crippen molar-refractivity contribution >= 4 is 32.9 Å². The van der Waals surface area contributed by atoms with Gasteiger partial charge in [0, 0.05) is 6.07 Å². The molecule has 6 heteroatoms. The van der Waals surface area contributed by atoms with Crippen LogP contribution < -0.4 is 5.73 Å². The van der Waals surface area contributed by atoms with E-state index >= 15 is 0 Å². The van der Waals surface area contributed by atoms with Crippen molar-refractivity contribution in [1.82, 2.24) is 9.55 Å². The molecule has 21 heavy (non-hydrogen) atoms. The van der Waals surface area contributed by atoms with Crippen LogP contribution in [0, 0.1) is 17.1 Å². The van der Waals surface area contributed by atoms with Gasteiger partial charge in [0.15, 0.2) is 0 Å². The Morgan fingerprint density at radius 2 is 2.14 bits per heavy atom. The Morgan fingerprint density at radius 3 is 2.90 bits per heavy atom. The molecule has 0 atom stereocenters. The minimum Gasteiger partial charge on any atom is -0.369 e. The van der Waals surface area contributed by atoms with E-state index in [1.54, 1.807) is 22.8 Å². The third-order valence-electron chi connectivity index (χ3n) is 3.22. The highest BCUT2D eigenvalue weighted by Gasteiger charge is 2.12. The number of nitriles is 1. The van der Waals surface area contributed by atoms with Gasteiger partial charge in [0.05, 0.1) is 33.7 Å². The number of nitrogens with zero attached hydrogens (tertiary/aromatic N) is 3. The zero-order valence-corrected chi connectivity index (χ0v) is 12.4. The van der Waals surface area contributed by atoms with E-state index in [2.05, 4.69) is 27.0 Å². The molecule has 0 radical (unpaired) electrons. The van der Waals surface area contributed by atoms with Crippen LogP contribution in [-0.4, -0.2) is 9.55 Å². The molecular formula is C15H10BrFN4. The molecule has 3 aromatic rings. The van der Waals surface area contributed by atoms with Crippen LogP contribution >= 0.6 is 15.9 Å². The molecule has 1 heterocycles. The van der Waals surface area contributed by atoms with Crippen molar-refractivity contribution in [1.29, 1.82) is 5.26 Å². The molecule has 2 N–H and O–H groups in total. The molecule has 0 saturated heterocycles. The number of imidazole rings is 1. The Hall–Kier alpha value is -2.39. The average molecular weight is 345 g/mol. The number of fused-ring (bicyclic) bond motifs is 1. The van der Waals surface area contributed by atoms with E-state index in [-0.39, 0.29) is 5.82 Å². The van der Waals surface area contributed by atoms with Crippen LogP contribution in [0.25, 0.3) is 11.0 Å². The van der Waals surface area contributed by atoms with Gasteiger partial charge in [0.2, 0.25) is 5.95 Å². The lowest BCUT2D eigenvalue weighted by Gasteiger charge is -2.07. The number of benzene rings is 2. The van der Waals surface area contributed by atoms with Crippen LogP contribution in [0.2, 0.25) is 0 Å². The lowest BCUT2D eigenvalue weighted by molar-refractivity contribution is 0.622. The molecule has 4 nitrogen and oxygen atoms in total. The first-order chi connectivity index (χ1) is 10.1. The first kappa shape index (κ1) is 13.6. The van der Waals surface area contributed by atoms with Crippen molar-refractivity contribution < 1.29 is 4.39 Å². The molecule has 0 amide bonds. The molecular weight excluding hydrogens is 335 g/mol. The SMILES string of the molecule is N#Cc1cccc(Cn2c(N)nc3cc(F)c(Br)cc32)c1. The van der Waals surface area contributed by atoms with Crippen molar-refractivity contribution in [3.8, 4) is 6.07 Å². The van der Waals surface area contributed by atoms with Gasteiger partial charge in [0.1, 0.15) is 5.82 Å². The summed E-state index contributed by atoms with van der Waals surface area (Å²) in [5.74, 6) is -0.0662. The molecule has 0 spiro atoms. The molecule has 1 aromatic heterocycles. The van der Waals surface area contributed by atoms with Crippen molar-refractivity contribution in [2.45, 2.75) is 6.54 Å². The standard InChI is InChI=1S/C15H10BrFN4/c16-11-5-14-13(6-12(11)17)20-15(19)21(14)8-10-3-1-2-9(4-10)7-18/h1-6H,8H2,(H2,19,20). The Balaban J connectivity index is 2.10. The van der Waals surface area contributed by atoms with Gasteiger partial charge >= 0.3 is 0 Å². The van der Waals surface area contributed by atoms with Crippen molar-refractivity contribution in [2.24, 2.45) is 0 Å². The average Bonchev–Trinajstić information content (AvgIpc) is 2.76. The molecule has 0 unspecified atom stereocenters. The Morgan fingerprint density at radius 1 is 1.33 bits per heavy atom. The molecule has 0 bridgehead atoms. The van der Waals surface area contributed by atoms with Crippen molar-refractivity contribution in [3.05, 3.63) is 57.8 Å². The fourth-order valence-electron chi connectivity index (χ4n) is 2.23. The number of hydrogen-bond acceptors (Lipinski definition) is 3. The Labute approximate surface area is 128 Å². The summed E-state index contributed by atoms with van der Waals surface area (Å²) in [5.41, 5.74) is 8.68.